The summed E-state index contributed by atoms with van der Waals surface area (Å²) in [7, 11) is -3.65. The third-order valence-electron chi connectivity index (χ3n) is 5.10. The molecule has 1 amide bonds. The SMILES string of the molecule is CC[C@@H](C)Cc1nc(C(F)(F)F)ccc1C=CC(=O)NC(C)c1ccc(NS(C)(=O)=O)c(F)c1. The Hall–Kier alpha value is -2.95. The predicted octanol–water partition coefficient (Wildman–Crippen LogP) is 5.09. The normalized spacial score (nSPS) is 14.1. The molecule has 0 saturated heterocycles. The zero-order valence-corrected chi connectivity index (χ0v) is 20.0. The Bertz CT molecular complexity index is 1160. The summed E-state index contributed by atoms with van der Waals surface area (Å²) >= 11 is 0. The Labute approximate surface area is 196 Å². The molecule has 0 aliphatic rings. The molecule has 2 N–H and O–H groups in total. The average Bonchev–Trinajstić information content (AvgIpc) is 2.72. The fourth-order valence-corrected chi connectivity index (χ4v) is 3.62. The molecule has 1 aromatic heterocycles. The molecule has 34 heavy (non-hydrogen) atoms. The first-order valence-electron chi connectivity index (χ1n) is 10.5. The first-order chi connectivity index (χ1) is 15.7. The van der Waals surface area contributed by atoms with Crippen molar-refractivity contribution in [2.24, 2.45) is 5.92 Å². The molecule has 0 radical (unpaired) electrons. The number of benzene rings is 1. The molecule has 0 spiro atoms. The average molecular weight is 502 g/mol. The third kappa shape index (κ3) is 8.12. The molecule has 186 valence electrons. The van der Waals surface area contributed by atoms with Gasteiger partial charge in [-0.2, -0.15) is 13.2 Å². The Morgan fingerprint density at radius 2 is 1.85 bits per heavy atom. The summed E-state index contributed by atoms with van der Waals surface area (Å²) in [5.41, 5.74) is -0.159. The molecular weight excluding hydrogens is 474 g/mol. The highest BCUT2D eigenvalue weighted by atomic mass is 32.2. The van der Waals surface area contributed by atoms with E-state index in [4.69, 9.17) is 0 Å². The molecule has 0 saturated carbocycles. The number of carbonyl (C=O) groups excluding carboxylic acids is 1. The Balaban J connectivity index is 2.17. The van der Waals surface area contributed by atoms with Crippen LogP contribution in [-0.2, 0) is 27.4 Å². The topological polar surface area (TPSA) is 88.2 Å². The number of amides is 1. The quantitative estimate of drug-likeness (QED) is 0.370. The second-order valence-electron chi connectivity index (χ2n) is 8.12. The zero-order chi connectivity index (χ0) is 25.7. The maximum absolute atomic E-state index is 14.2. The first kappa shape index (κ1) is 27.3. The lowest BCUT2D eigenvalue weighted by atomic mass is 9.98. The van der Waals surface area contributed by atoms with Crippen LogP contribution in [0.5, 0.6) is 0 Å². The van der Waals surface area contributed by atoms with Gasteiger partial charge < -0.3 is 5.32 Å². The van der Waals surface area contributed by atoms with Gasteiger partial charge in [-0.05, 0) is 54.7 Å². The van der Waals surface area contributed by atoms with Crippen LogP contribution in [-0.4, -0.2) is 25.6 Å². The van der Waals surface area contributed by atoms with Gasteiger partial charge in [0.2, 0.25) is 15.9 Å². The van der Waals surface area contributed by atoms with Crippen LogP contribution in [0.25, 0.3) is 6.08 Å². The van der Waals surface area contributed by atoms with E-state index in [0.29, 0.717) is 17.5 Å². The number of anilines is 1. The molecule has 6 nitrogen and oxygen atoms in total. The van der Waals surface area contributed by atoms with E-state index in [1.807, 2.05) is 13.8 Å². The van der Waals surface area contributed by atoms with Crippen molar-refractivity contribution in [3.8, 4) is 0 Å². The summed E-state index contributed by atoms with van der Waals surface area (Å²) in [5, 5.41) is 2.64. The van der Waals surface area contributed by atoms with Crippen molar-refractivity contribution in [2.75, 3.05) is 11.0 Å². The molecule has 0 aliphatic heterocycles. The van der Waals surface area contributed by atoms with E-state index in [1.165, 1.54) is 30.4 Å². The summed E-state index contributed by atoms with van der Waals surface area (Å²) in [6.07, 6.45) is -0.0141. The molecule has 11 heteroatoms. The van der Waals surface area contributed by atoms with Gasteiger partial charge in [-0.3, -0.25) is 9.52 Å². The van der Waals surface area contributed by atoms with E-state index in [9.17, 15) is 30.8 Å². The minimum Gasteiger partial charge on any atom is -0.346 e. The predicted molar refractivity (Wildman–Crippen MR) is 123 cm³/mol. The first-order valence-corrected chi connectivity index (χ1v) is 12.4. The summed E-state index contributed by atoms with van der Waals surface area (Å²) in [6, 6.07) is 5.35. The largest absolute Gasteiger partial charge is 0.433 e. The van der Waals surface area contributed by atoms with Gasteiger partial charge in [0.15, 0.2) is 0 Å². The van der Waals surface area contributed by atoms with Crippen molar-refractivity contribution >= 4 is 27.7 Å². The molecule has 0 fully saturated rings. The molecule has 2 aromatic rings. The van der Waals surface area contributed by atoms with Gasteiger partial charge in [-0.1, -0.05) is 32.4 Å². The van der Waals surface area contributed by atoms with Crippen LogP contribution in [0, 0.1) is 11.7 Å². The van der Waals surface area contributed by atoms with Crippen molar-refractivity contribution in [3.05, 3.63) is 64.7 Å². The van der Waals surface area contributed by atoms with Crippen LogP contribution < -0.4 is 10.0 Å². The number of pyridine rings is 1. The fraction of sp³-hybridized carbons (Fsp3) is 0.391. The van der Waals surface area contributed by atoms with E-state index in [2.05, 4.69) is 15.0 Å². The minimum absolute atomic E-state index is 0.104. The smallest absolute Gasteiger partial charge is 0.346 e. The van der Waals surface area contributed by atoms with Crippen LogP contribution in [0.2, 0.25) is 0 Å². The molecule has 0 aliphatic carbocycles. The monoisotopic (exact) mass is 501 g/mol. The Kier molecular flexibility index (Phi) is 8.82. The highest BCUT2D eigenvalue weighted by Gasteiger charge is 2.33. The number of hydrogen-bond acceptors (Lipinski definition) is 4. The number of alkyl halides is 3. The van der Waals surface area contributed by atoms with Crippen LogP contribution in [0.4, 0.5) is 23.2 Å². The molecular formula is C23H27F4N3O3S. The number of carbonyl (C=O) groups is 1. The molecule has 0 bridgehead atoms. The molecule has 2 rings (SSSR count). The second kappa shape index (κ2) is 11.0. The van der Waals surface area contributed by atoms with Gasteiger partial charge >= 0.3 is 6.18 Å². The number of halogens is 4. The van der Waals surface area contributed by atoms with E-state index in [-0.39, 0.29) is 17.3 Å². The fourth-order valence-electron chi connectivity index (χ4n) is 3.05. The minimum atomic E-state index is -4.57. The third-order valence-corrected chi connectivity index (χ3v) is 5.69. The summed E-state index contributed by atoms with van der Waals surface area (Å²) in [4.78, 5) is 16.1. The van der Waals surface area contributed by atoms with E-state index in [1.54, 1.807) is 6.92 Å². The molecule has 1 heterocycles. The number of hydrogen-bond donors (Lipinski definition) is 2. The Morgan fingerprint density at radius 1 is 1.18 bits per heavy atom. The van der Waals surface area contributed by atoms with Crippen molar-refractivity contribution in [3.63, 3.8) is 0 Å². The standard InChI is InChI=1S/C23H27F4N3O3S/c1-5-14(2)12-20-16(7-10-21(29-20)23(25,26)27)8-11-22(31)28-15(3)17-6-9-19(18(24)13-17)30-34(4,32)33/h6-11,13-15,30H,5,12H2,1-4H3,(H,28,31)/t14-,15?/m1/s1. The van der Waals surface area contributed by atoms with Crippen LogP contribution in [0.3, 0.4) is 0 Å². The second-order valence-corrected chi connectivity index (χ2v) is 9.87. The van der Waals surface area contributed by atoms with Crippen molar-refractivity contribution < 1.29 is 30.8 Å². The van der Waals surface area contributed by atoms with Crippen molar-refractivity contribution in [1.82, 2.24) is 10.3 Å². The maximum atomic E-state index is 14.2. The van der Waals surface area contributed by atoms with Gasteiger partial charge in [-0.15, -0.1) is 0 Å². The summed E-state index contributed by atoms with van der Waals surface area (Å²) < 4.78 is 78.0. The molecule has 2 atom stereocenters. The van der Waals surface area contributed by atoms with Gasteiger partial charge in [-0.25, -0.2) is 17.8 Å². The van der Waals surface area contributed by atoms with Gasteiger partial charge in [0.25, 0.3) is 0 Å². The van der Waals surface area contributed by atoms with Gasteiger partial charge in [0.1, 0.15) is 11.5 Å². The molecule has 1 unspecified atom stereocenters. The lowest BCUT2D eigenvalue weighted by Gasteiger charge is -2.15. The maximum Gasteiger partial charge on any atom is 0.433 e. The highest BCUT2D eigenvalue weighted by molar-refractivity contribution is 7.92. The van der Waals surface area contributed by atoms with Crippen molar-refractivity contribution in [1.29, 1.82) is 0 Å². The van der Waals surface area contributed by atoms with Crippen LogP contribution in [0.1, 0.15) is 55.7 Å². The van der Waals surface area contributed by atoms with Gasteiger partial charge in [0.05, 0.1) is 18.0 Å². The van der Waals surface area contributed by atoms with Crippen molar-refractivity contribution in [2.45, 2.75) is 45.8 Å². The number of aromatic nitrogens is 1. The van der Waals surface area contributed by atoms with E-state index < -0.39 is 39.7 Å². The summed E-state index contributed by atoms with van der Waals surface area (Å²) in [6.45, 7) is 5.44. The van der Waals surface area contributed by atoms with Crippen LogP contribution >= 0.6 is 0 Å². The lowest BCUT2D eigenvalue weighted by molar-refractivity contribution is -0.141. The number of rotatable bonds is 9. The zero-order valence-electron chi connectivity index (χ0n) is 19.2. The number of sulfonamides is 1. The lowest BCUT2D eigenvalue weighted by Crippen LogP contribution is -2.24. The van der Waals surface area contributed by atoms with E-state index in [0.717, 1.165) is 24.8 Å². The van der Waals surface area contributed by atoms with Crippen LogP contribution in [0.15, 0.2) is 36.4 Å². The number of nitrogens with one attached hydrogen (secondary N) is 2. The molecule has 1 aromatic carbocycles. The highest BCUT2D eigenvalue weighted by Crippen LogP contribution is 2.29. The Morgan fingerprint density at radius 3 is 2.41 bits per heavy atom. The van der Waals surface area contributed by atoms with Gasteiger partial charge in [0, 0.05) is 11.8 Å². The van der Waals surface area contributed by atoms with E-state index >= 15 is 0 Å². The number of nitrogens with zero attached hydrogens (tertiary/aromatic N) is 1. The summed E-state index contributed by atoms with van der Waals surface area (Å²) in [5.74, 6) is -1.24.